The first-order valence-corrected chi connectivity index (χ1v) is 12.6. The largest absolute Gasteiger partial charge is 0.497 e. The zero-order chi connectivity index (χ0) is 23.2. The van der Waals surface area contributed by atoms with Crippen molar-refractivity contribution in [3.63, 3.8) is 0 Å². The van der Waals surface area contributed by atoms with E-state index in [1.54, 1.807) is 23.8 Å². The second kappa shape index (κ2) is 14.6. The van der Waals surface area contributed by atoms with Crippen LogP contribution in [0.2, 0.25) is 0 Å². The summed E-state index contributed by atoms with van der Waals surface area (Å²) in [5, 5.41) is 3.00. The molecular formula is C26H36N2O3S. The predicted molar refractivity (Wildman–Crippen MR) is 133 cm³/mol. The van der Waals surface area contributed by atoms with Crippen molar-refractivity contribution in [2.75, 3.05) is 19.4 Å². The molecule has 32 heavy (non-hydrogen) atoms. The summed E-state index contributed by atoms with van der Waals surface area (Å²) in [7, 11) is 1.63. The van der Waals surface area contributed by atoms with E-state index in [1.165, 1.54) is 5.56 Å². The normalized spacial score (nSPS) is 11.6. The van der Waals surface area contributed by atoms with Gasteiger partial charge in [0.05, 0.1) is 7.11 Å². The van der Waals surface area contributed by atoms with E-state index < -0.39 is 6.04 Å². The van der Waals surface area contributed by atoms with Crippen LogP contribution in [0.15, 0.2) is 54.6 Å². The zero-order valence-electron chi connectivity index (χ0n) is 19.5. The summed E-state index contributed by atoms with van der Waals surface area (Å²) in [4.78, 5) is 27.8. The smallest absolute Gasteiger partial charge is 0.242 e. The minimum Gasteiger partial charge on any atom is -0.497 e. The Morgan fingerprint density at radius 1 is 1.03 bits per heavy atom. The molecule has 0 heterocycles. The molecule has 2 aromatic rings. The number of nitrogens with one attached hydrogen (secondary N) is 1. The molecule has 0 radical (unpaired) electrons. The Bertz CT molecular complexity index is 812. The number of ether oxygens (including phenoxy) is 1. The summed E-state index contributed by atoms with van der Waals surface area (Å²) >= 11 is 1.74. The highest BCUT2D eigenvalue weighted by Crippen LogP contribution is 2.19. The van der Waals surface area contributed by atoms with Gasteiger partial charge in [0.2, 0.25) is 11.8 Å². The maximum absolute atomic E-state index is 13.2. The summed E-state index contributed by atoms with van der Waals surface area (Å²) in [5.41, 5.74) is 2.23. The highest BCUT2D eigenvalue weighted by Gasteiger charge is 2.28. The van der Waals surface area contributed by atoms with Crippen molar-refractivity contribution in [1.82, 2.24) is 10.2 Å². The van der Waals surface area contributed by atoms with E-state index in [2.05, 4.69) is 24.4 Å². The average molecular weight is 457 g/mol. The van der Waals surface area contributed by atoms with Crippen LogP contribution in [-0.4, -0.2) is 42.2 Å². The molecule has 0 fully saturated rings. The predicted octanol–water partition coefficient (Wildman–Crippen LogP) is 5.04. The molecule has 0 aromatic heterocycles. The van der Waals surface area contributed by atoms with Gasteiger partial charge in [-0.2, -0.15) is 11.8 Å². The molecule has 0 saturated heterocycles. The van der Waals surface area contributed by atoms with Crippen molar-refractivity contribution in [1.29, 1.82) is 0 Å². The Morgan fingerprint density at radius 2 is 1.75 bits per heavy atom. The molecule has 6 heteroatoms. The lowest BCUT2D eigenvalue weighted by atomic mass is 10.1. The van der Waals surface area contributed by atoms with E-state index in [9.17, 15) is 9.59 Å². The summed E-state index contributed by atoms with van der Waals surface area (Å²) in [6.45, 7) is 5.10. The van der Waals surface area contributed by atoms with Gasteiger partial charge in [-0.25, -0.2) is 0 Å². The van der Waals surface area contributed by atoms with Crippen LogP contribution in [-0.2, 0) is 21.9 Å². The molecule has 5 nitrogen and oxygen atoms in total. The van der Waals surface area contributed by atoms with Gasteiger partial charge in [0.25, 0.3) is 0 Å². The number of carbonyl (C=O) groups is 2. The second-order valence-electron chi connectivity index (χ2n) is 7.73. The molecule has 0 aliphatic heterocycles. The standard InChI is InChI=1S/C26H36N2O3S/c1-4-6-17-27-26(30)24(5-2)28(19-21-12-14-23(31-3)15-13-21)25(29)16-18-32-20-22-10-8-7-9-11-22/h7-15,24H,4-6,16-20H2,1-3H3,(H,27,30). The van der Waals surface area contributed by atoms with Crippen LogP contribution in [0.1, 0.15) is 50.7 Å². The topological polar surface area (TPSA) is 58.6 Å². The Hall–Kier alpha value is -2.47. The second-order valence-corrected chi connectivity index (χ2v) is 8.83. The van der Waals surface area contributed by atoms with Crippen LogP contribution in [0.4, 0.5) is 0 Å². The Labute approximate surface area is 196 Å². The first-order chi connectivity index (χ1) is 15.6. The molecule has 0 bridgehead atoms. The number of carbonyl (C=O) groups excluding carboxylic acids is 2. The van der Waals surface area contributed by atoms with Crippen LogP contribution >= 0.6 is 11.8 Å². The van der Waals surface area contributed by atoms with Gasteiger partial charge in [-0.3, -0.25) is 9.59 Å². The lowest BCUT2D eigenvalue weighted by Crippen LogP contribution is -2.49. The van der Waals surface area contributed by atoms with Gasteiger partial charge in [0.15, 0.2) is 0 Å². The minimum absolute atomic E-state index is 0.0128. The molecule has 2 rings (SSSR count). The first kappa shape index (κ1) is 25.8. The van der Waals surface area contributed by atoms with Crippen LogP contribution in [0.5, 0.6) is 5.75 Å². The third kappa shape index (κ3) is 8.58. The van der Waals surface area contributed by atoms with Crippen LogP contribution in [0.3, 0.4) is 0 Å². The number of nitrogens with zero attached hydrogens (tertiary/aromatic N) is 1. The van der Waals surface area contributed by atoms with Gasteiger partial charge < -0.3 is 15.0 Å². The van der Waals surface area contributed by atoms with Gasteiger partial charge in [0, 0.05) is 31.0 Å². The van der Waals surface area contributed by atoms with Crippen molar-refractivity contribution in [2.45, 2.75) is 57.9 Å². The molecule has 174 valence electrons. The molecule has 2 amide bonds. The van der Waals surface area contributed by atoms with Crippen LogP contribution in [0, 0.1) is 0 Å². The highest BCUT2D eigenvalue weighted by molar-refractivity contribution is 7.98. The van der Waals surface area contributed by atoms with Crippen molar-refractivity contribution >= 4 is 23.6 Å². The molecule has 0 aliphatic carbocycles. The molecule has 0 spiro atoms. The fourth-order valence-corrected chi connectivity index (χ4v) is 4.31. The fraction of sp³-hybridized carbons (Fsp3) is 0.462. The lowest BCUT2D eigenvalue weighted by Gasteiger charge is -2.30. The van der Waals surface area contributed by atoms with E-state index in [0.29, 0.717) is 25.9 Å². The number of thioether (sulfide) groups is 1. The number of unbranched alkanes of at least 4 members (excludes halogenated alkanes) is 1. The Balaban J connectivity index is 2.04. The minimum atomic E-state index is -0.472. The summed E-state index contributed by atoms with van der Waals surface area (Å²) in [5.74, 6) is 2.31. The molecule has 1 atom stereocenters. The van der Waals surface area contributed by atoms with Crippen molar-refractivity contribution in [3.05, 3.63) is 65.7 Å². The number of methoxy groups -OCH3 is 1. The molecule has 2 aromatic carbocycles. The molecule has 0 saturated carbocycles. The molecular weight excluding hydrogens is 420 g/mol. The third-order valence-corrected chi connectivity index (χ3v) is 6.33. The van der Waals surface area contributed by atoms with Crippen LogP contribution in [0.25, 0.3) is 0 Å². The van der Waals surface area contributed by atoms with Crippen molar-refractivity contribution < 1.29 is 14.3 Å². The Kier molecular flexibility index (Phi) is 11.7. The summed E-state index contributed by atoms with van der Waals surface area (Å²) in [6, 6.07) is 17.5. The van der Waals surface area contributed by atoms with E-state index in [1.807, 2.05) is 49.4 Å². The van der Waals surface area contributed by atoms with Gasteiger partial charge in [0.1, 0.15) is 11.8 Å². The number of amides is 2. The third-order valence-electron chi connectivity index (χ3n) is 5.30. The number of rotatable bonds is 14. The van der Waals surface area contributed by atoms with Crippen molar-refractivity contribution in [3.8, 4) is 5.75 Å². The van der Waals surface area contributed by atoms with E-state index in [0.717, 1.165) is 35.7 Å². The first-order valence-electron chi connectivity index (χ1n) is 11.4. The number of hydrogen-bond donors (Lipinski definition) is 1. The fourth-order valence-electron chi connectivity index (χ4n) is 3.42. The van der Waals surface area contributed by atoms with Gasteiger partial charge >= 0.3 is 0 Å². The molecule has 0 aliphatic rings. The van der Waals surface area contributed by atoms with Crippen LogP contribution < -0.4 is 10.1 Å². The SMILES string of the molecule is CCCCNC(=O)C(CC)N(Cc1ccc(OC)cc1)C(=O)CCSCc1ccccc1. The lowest BCUT2D eigenvalue weighted by molar-refractivity contribution is -0.141. The van der Waals surface area contributed by atoms with Gasteiger partial charge in [-0.1, -0.05) is 62.7 Å². The maximum atomic E-state index is 13.2. The van der Waals surface area contributed by atoms with Crippen molar-refractivity contribution in [2.24, 2.45) is 0 Å². The van der Waals surface area contributed by atoms with E-state index in [-0.39, 0.29) is 11.8 Å². The van der Waals surface area contributed by atoms with Gasteiger partial charge in [-0.05, 0) is 36.1 Å². The monoisotopic (exact) mass is 456 g/mol. The quantitative estimate of drug-likeness (QED) is 0.405. The van der Waals surface area contributed by atoms with E-state index in [4.69, 9.17) is 4.74 Å². The number of hydrogen-bond acceptors (Lipinski definition) is 4. The summed E-state index contributed by atoms with van der Waals surface area (Å²) in [6.07, 6.45) is 2.94. The number of benzene rings is 2. The van der Waals surface area contributed by atoms with E-state index >= 15 is 0 Å². The summed E-state index contributed by atoms with van der Waals surface area (Å²) < 4.78 is 5.24. The highest BCUT2D eigenvalue weighted by atomic mass is 32.2. The molecule has 1 N–H and O–H groups in total. The van der Waals surface area contributed by atoms with Gasteiger partial charge in [-0.15, -0.1) is 0 Å². The molecule has 1 unspecified atom stereocenters. The average Bonchev–Trinajstić information content (AvgIpc) is 2.82. The Morgan fingerprint density at radius 3 is 2.38 bits per heavy atom. The zero-order valence-corrected chi connectivity index (χ0v) is 20.3. The maximum Gasteiger partial charge on any atom is 0.242 e.